The molecule has 1 unspecified atom stereocenters. The Morgan fingerprint density at radius 2 is 2.20 bits per heavy atom. The zero-order valence-electron chi connectivity index (χ0n) is 14.8. The molecular weight excluding hydrogens is 332 g/mol. The summed E-state index contributed by atoms with van der Waals surface area (Å²) < 4.78 is 5.53. The number of carbonyl (C=O) groups is 1. The molecule has 2 aromatic rings. The van der Waals surface area contributed by atoms with Gasteiger partial charge in [0.1, 0.15) is 0 Å². The molecule has 4 nitrogen and oxygen atoms in total. The second-order valence-corrected chi connectivity index (χ2v) is 7.44. The van der Waals surface area contributed by atoms with Crippen LogP contribution in [-0.4, -0.2) is 42.1 Å². The van der Waals surface area contributed by atoms with Crippen molar-refractivity contribution in [3.63, 3.8) is 0 Å². The van der Waals surface area contributed by atoms with E-state index in [1.807, 2.05) is 30.0 Å². The maximum absolute atomic E-state index is 12.5. The van der Waals surface area contributed by atoms with E-state index in [0.29, 0.717) is 12.3 Å². The summed E-state index contributed by atoms with van der Waals surface area (Å²) in [4.78, 5) is 19.2. The number of rotatable bonds is 7. The SMILES string of the molecule is CCOCC1CCCN(C(=O)CCc2nc(-c3ccccc3)cs2)C1. The van der Waals surface area contributed by atoms with Gasteiger partial charge in [-0.05, 0) is 25.7 Å². The van der Waals surface area contributed by atoms with E-state index in [1.165, 1.54) is 0 Å². The molecule has 1 saturated heterocycles. The molecule has 1 atom stereocenters. The third kappa shape index (κ3) is 5.13. The minimum absolute atomic E-state index is 0.248. The highest BCUT2D eigenvalue weighted by atomic mass is 32.1. The van der Waals surface area contributed by atoms with Crippen LogP contribution in [0.1, 0.15) is 31.2 Å². The van der Waals surface area contributed by atoms with E-state index < -0.39 is 0 Å². The molecule has 2 heterocycles. The van der Waals surface area contributed by atoms with Crippen molar-refractivity contribution in [2.45, 2.75) is 32.6 Å². The Bertz CT molecular complexity index is 671. The van der Waals surface area contributed by atoms with Gasteiger partial charge in [0, 0.05) is 43.5 Å². The molecule has 1 amide bonds. The van der Waals surface area contributed by atoms with Crippen LogP contribution in [0.15, 0.2) is 35.7 Å². The van der Waals surface area contributed by atoms with E-state index in [9.17, 15) is 4.79 Å². The number of aromatic nitrogens is 1. The Kier molecular flexibility index (Phi) is 6.59. The lowest BCUT2D eigenvalue weighted by molar-refractivity contribution is -0.133. The van der Waals surface area contributed by atoms with Crippen LogP contribution in [0, 0.1) is 5.92 Å². The van der Waals surface area contributed by atoms with E-state index in [2.05, 4.69) is 22.5 Å². The molecule has 0 saturated carbocycles. The van der Waals surface area contributed by atoms with Gasteiger partial charge in [-0.25, -0.2) is 4.98 Å². The van der Waals surface area contributed by atoms with Crippen LogP contribution in [0.25, 0.3) is 11.3 Å². The van der Waals surface area contributed by atoms with E-state index in [-0.39, 0.29) is 5.91 Å². The molecule has 5 heteroatoms. The monoisotopic (exact) mass is 358 g/mol. The number of piperidine rings is 1. The van der Waals surface area contributed by atoms with Crippen molar-refractivity contribution in [1.82, 2.24) is 9.88 Å². The van der Waals surface area contributed by atoms with Gasteiger partial charge in [0.15, 0.2) is 0 Å². The smallest absolute Gasteiger partial charge is 0.222 e. The van der Waals surface area contributed by atoms with Crippen LogP contribution in [0.2, 0.25) is 0 Å². The van der Waals surface area contributed by atoms with Gasteiger partial charge in [-0.1, -0.05) is 30.3 Å². The van der Waals surface area contributed by atoms with E-state index in [1.54, 1.807) is 11.3 Å². The molecule has 0 N–H and O–H groups in total. The maximum atomic E-state index is 12.5. The average molecular weight is 359 g/mol. The third-order valence-corrected chi connectivity index (χ3v) is 5.51. The predicted molar refractivity (Wildman–Crippen MR) is 102 cm³/mol. The van der Waals surface area contributed by atoms with Crippen molar-refractivity contribution in [3.05, 3.63) is 40.7 Å². The van der Waals surface area contributed by atoms with Crippen LogP contribution in [-0.2, 0) is 16.0 Å². The van der Waals surface area contributed by atoms with Gasteiger partial charge >= 0.3 is 0 Å². The van der Waals surface area contributed by atoms with Crippen LogP contribution in [0.4, 0.5) is 0 Å². The van der Waals surface area contributed by atoms with Crippen LogP contribution in [0.3, 0.4) is 0 Å². The standard InChI is InChI=1S/C20H26N2O2S/c1-2-24-14-16-7-6-12-22(13-16)20(23)11-10-19-21-18(15-25-19)17-8-4-3-5-9-17/h3-5,8-9,15-16H,2,6-7,10-14H2,1H3. The Labute approximate surface area is 153 Å². The third-order valence-electron chi connectivity index (χ3n) is 4.60. The first-order valence-electron chi connectivity index (χ1n) is 9.11. The van der Waals surface area contributed by atoms with Crippen molar-refractivity contribution in [3.8, 4) is 11.3 Å². The summed E-state index contributed by atoms with van der Waals surface area (Å²) >= 11 is 1.64. The number of ether oxygens (including phenoxy) is 1. The molecule has 0 radical (unpaired) electrons. The topological polar surface area (TPSA) is 42.4 Å². The van der Waals surface area contributed by atoms with Crippen molar-refractivity contribution in [2.24, 2.45) is 5.92 Å². The molecule has 1 aliphatic rings. The van der Waals surface area contributed by atoms with E-state index in [0.717, 1.165) is 61.8 Å². The number of hydrogen-bond donors (Lipinski definition) is 0. The minimum atomic E-state index is 0.248. The Hall–Kier alpha value is -1.72. The van der Waals surface area contributed by atoms with Gasteiger partial charge in [-0.15, -0.1) is 11.3 Å². The molecule has 0 spiro atoms. The summed E-state index contributed by atoms with van der Waals surface area (Å²) in [7, 11) is 0. The fraction of sp³-hybridized carbons (Fsp3) is 0.500. The number of amides is 1. The van der Waals surface area contributed by atoms with Gasteiger partial charge < -0.3 is 9.64 Å². The molecule has 1 aromatic heterocycles. The van der Waals surface area contributed by atoms with E-state index in [4.69, 9.17) is 4.74 Å². The normalized spacial score (nSPS) is 17.6. The van der Waals surface area contributed by atoms with Gasteiger partial charge in [-0.2, -0.15) is 0 Å². The van der Waals surface area contributed by atoms with Crippen molar-refractivity contribution >= 4 is 17.2 Å². The zero-order chi connectivity index (χ0) is 17.5. The van der Waals surface area contributed by atoms with Gasteiger partial charge in [-0.3, -0.25) is 4.79 Å². The predicted octanol–water partition coefficient (Wildman–Crippen LogP) is 4.02. The fourth-order valence-corrected chi connectivity index (χ4v) is 4.06. The molecule has 0 aliphatic carbocycles. The lowest BCUT2D eigenvalue weighted by atomic mass is 9.98. The van der Waals surface area contributed by atoms with Crippen molar-refractivity contribution in [1.29, 1.82) is 0 Å². The molecule has 1 fully saturated rings. The highest BCUT2D eigenvalue weighted by Gasteiger charge is 2.23. The second kappa shape index (κ2) is 9.11. The Balaban J connectivity index is 1.50. The first-order chi connectivity index (χ1) is 12.3. The van der Waals surface area contributed by atoms with Crippen LogP contribution >= 0.6 is 11.3 Å². The fourth-order valence-electron chi connectivity index (χ4n) is 3.25. The van der Waals surface area contributed by atoms with Crippen LogP contribution < -0.4 is 0 Å². The first kappa shape index (κ1) is 18.1. The zero-order valence-corrected chi connectivity index (χ0v) is 15.6. The number of likely N-dealkylation sites (tertiary alicyclic amines) is 1. The quantitative estimate of drug-likeness (QED) is 0.751. The van der Waals surface area contributed by atoms with Gasteiger partial charge in [0.2, 0.25) is 5.91 Å². The summed E-state index contributed by atoms with van der Waals surface area (Å²) in [5, 5.41) is 3.11. The molecule has 3 rings (SSSR count). The summed E-state index contributed by atoms with van der Waals surface area (Å²) in [6.45, 7) is 5.26. The van der Waals surface area contributed by atoms with Gasteiger partial charge in [0.25, 0.3) is 0 Å². The number of thiazole rings is 1. The molecule has 1 aromatic carbocycles. The molecule has 134 valence electrons. The minimum Gasteiger partial charge on any atom is -0.381 e. The number of hydrogen-bond acceptors (Lipinski definition) is 4. The largest absolute Gasteiger partial charge is 0.381 e. The summed E-state index contributed by atoms with van der Waals surface area (Å²) in [6.07, 6.45) is 3.52. The average Bonchev–Trinajstić information content (AvgIpc) is 3.14. The highest BCUT2D eigenvalue weighted by Crippen LogP contribution is 2.23. The Morgan fingerprint density at radius 1 is 1.36 bits per heavy atom. The van der Waals surface area contributed by atoms with Crippen molar-refractivity contribution in [2.75, 3.05) is 26.3 Å². The number of carbonyl (C=O) groups excluding carboxylic acids is 1. The van der Waals surface area contributed by atoms with Crippen LogP contribution in [0.5, 0.6) is 0 Å². The molecule has 0 bridgehead atoms. The molecular formula is C20H26N2O2S. The van der Waals surface area contributed by atoms with Crippen molar-refractivity contribution < 1.29 is 9.53 Å². The first-order valence-corrected chi connectivity index (χ1v) is 9.99. The lowest BCUT2D eigenvalue weighted by Crippen LogP contribution is -2.41. The highest BCUT2D eigenvalue weighted by molar-refractivity contribution is 7.09. The number of nitrogens with zero attached hydrogens (tertiary/aromatic N) is 2. The maximum Gasteiger partial charge on any atom is 0.222 e. The summed E-state index contributed by atoms with van der Waals surface area (Å²) in [6, 6.07) is 10.2. The molecule has 1 aliphatic heterocycles. The van der Waals surface area contributed by atoms with E-state index >= 15 is 0 Å². The Morgan fingerprint density at radius 3 is 3.00 bits per heavy atom. The second-order valence-electron chi connectivity index (χ2n) is 6.50. The number of aryl methyl sites for hydroxylation is 1. The summed E-state index contributed by atoms with van der Waals surface area (Å²) in [5.41, 5.74) is 2.13. The number of benzene rings is 1. The lowest BCUT2D eigenvalue weighted by Gasteiger charge is -2.32. The molecule has 25 heavy (non-hydrogen) atoms. The summed E-state index contributed by atoms with van der Waals surface area (Å²) in [5.74, 6) is 0.736. The van der Waals surface area contributed by atoms with Gasteiger partial charge in [0.05, 0.1) is 17.3 Å².